The number of carbonyl (C=O) groups is 1. The number of esters is 1. The van der Waals surface area contributed by atoms with Crippen LogP contribution >= 0.6 is 0 Å². The van der Waals surface area contributed by atoms with Crippen LogP contribution in [-0.2, 0) is 19.0 Å². The van der Waals surface area contributed by atoms with Gasteiger partial charge in [0.1, 0.15) is 12.5 Å². The fourth-order valence-corrected chi connectivity index (χ4v) is 2.63. The van der Waals surface area contributed by atoms with Gasteiger partial charge >= 0.3 is 24.0 Å². The number of alkyl halides is 7. The van der Waals surface area contributed by atoms with E-state index >= 15 is 0 Å². The summed E-state index contributed by atoms with van der Waals surface area (Å²) in [7, 11) is 0. The number of rotatable bonds is 12. The lowest BCUT2D eigenvalue weighted by molar-refractivity contribution is -0.272. The third-order valence-corrected chi connectivity index (χ3v) is 4.15. The zero-order valence-corrected chi connectivity index (χ0v) is 16.1. The maximum absolute atomic E-state index is 13.9. The lowest BCUT2D eigenvalue weighted by atomic mass is 10.0. The molecule has 1 heterocycles. The van der Waals surface area contributed by atoms with Crippen LogP contribution in [0, 0.1) is 0 Å². The Morgan fingerprint density at radius 1 is 1.07 bits per heavy atom. The molecule has 0 aromatic rings. The summed E-state index contributed by atoms with van der Waals surface area (Å²) in [6, 6.07) is 0. The molecule has 0 N–H and O–H groups in total. The Hall–Kier alpha value is -1.14. The molecule has 1 aliphatic heterocycles. The van der Waals surface area contributed by atoms with Gasteiger partial charge in [0, 0.05) is 26.1 Å². The summed E-state index contributed by atoms with van der Waals surface area (Å²) in [5, 5.41) is 0. The van der Waals surface area contributed by atoms with Gasteiger partial charge in [0.15, 0.2) is 0 Å². The van der Waals surface area contributed by atoms with Gasteiger partial charge in [0.05, 0.1) is 32.8 Å². The molecule has 0 bridgehead atoms. The normalized spacial score (nSPS) is 17.9. The Labute approximate surface area is 164 Å². The molecule has 29 heavy (non-hydrogen) atoms. The second kappa shape index (κ2) is 11.3. The summed E-state index contributed by atoms with van der Waals surface area (Å²) < 4.78 is 107. The van der Waals surface area contributed by atoms with Gasteiger partial charge in [-0.2, -0.15) is 30.7 Å². The van der Waals surface area contributed by atoms with E-state index in [1.54, 1.807) is 6.92 Å². The van der Waals surface area contributed by atoms with E-state index in [9.17, 15) is 35.5 Å². The van der Waals surface area contributed by atoms with Gasteiger partial charge in [-0.25, -0.2) is 0 Å². The van der Waals surface area contributed by atoms with Crippen molar-refractivity contribution in [3.63, 3.8) is 0 Å². The molecule has 1 fully saturated rings. The van der Waals surface area contributed by atoms with Crippen LogP contribution < -0.4 is 0 Å². The van der Waals surface area contributed by atoms with Crippen LogP contribution in [0.4, 0.5) is 30.7 Å². The van der Waals surface area contributed by atoms with Gasteiger partial charge in [-0.1, -0.05) is 6.92 Å². The van der Waals surface area contributed by atoms with E-state index in [0.717, 1.165) is 0 Å². The van der Waals surface area contributed by atoms with E-state index in [0.29, 0.717) is 39.3 Å². The maximum atomic E-state index is 13.9. The van der Waals surface area contributed by atoms with Crippen molar-refractivity contribution in [3.8, 4) is 0 Å². The van der Waals surface area contributed by atoms with Crippen LogP contribution in [-0.4, -0.2) is 81.1 Å². The SMILES string of the molecule is CCCC(=O)OC(COCCN1CCOCC1)CC(F)(F)C(F)(F)CC(F)(F)F. The van der Waals surface area contributed by atoms with Crippen LogP contribution in [0.3, 0.4) is 0 Å². The Balaban J connectivity index is 2.65. The first-order chi connectivity index (χ1) is 13.4. The van der Waals surface area contributed by atoms with Crippen molar-refractivity contribution >= 4 is 5.97 Å². The van der Waals surface area contributed by atoms with Gasteiger partial charge in [-0.05, 0) is 6.42 Å². The van der Waals surface area contributed by atoms with E-state index < -0.39 is 49.5 Å². The first kappa shape index (κ1) is 25.9. The number of carbonyl (C=O) groups excluding carboxylic acids is 1. The highest BCUT2D eigenvalue weighted by Crippen LogP contribution is 2.45. The molecule has 1 unspecified atom stereocenters. The zero-order chi connectivity index (χ0) is 22.1. The van der Waals surface area contributed by atoms with Crippen molar-refractivity contribution in [1.29, 1.82) is 0 Å². The molecule has 0 aliphatic carbocycles. The molecule has 0 saturated carbocycles. The number of halogens is 7. The van der Waals surface area contributed by atoms with Crippen LogP contribution in [0.1, 0.15) is 32.6 Å². The number of ether oxygens (including phenoxy) is 3. The van der Waals surface area contributed by atoms with Crippen molar-refractivity contribution in [2.45, 2.75) is 56.7 Å². The van der Waals surface area contributed by atoms with Crippen molar-refractivity contribution in [2.24, 2.45) is 0 Å². The Kier molecular flexibility index (Phi) is 10.1. The van der Waals surface area contributed by atoms with Crippen molar-refractivity contribution < 1.29 is 49.7 Å². The number of hydrogen-bond donors (Lipinski definition) is 0. The van der Waals surface area contributed by atoms with Crippen molar-refractivity contribution in [3.05, 3.63) is 0 Å². The molecule has 1 rings (SSSR count). The zero-order valence-electron chi connectivity index (χ0n) is 16.1. The summed E-state index contributed by atoms with van der Waals surface area (Å²) in [4.78, 5) is 13.6. The molecule has 172 valence electrons. The number of morpholine rings is 1. The number of nitrogens with zero attached hydrogens (tertiary/aromatic N) is 1. The smallest absolute Gasteiger partial charge is 0.395 e. The van der Waals surface area contributed by atoms with Gasteiger partial charge in [-0.3, -0.25) is 9.69 Å². The topological polar surface area (TPSA) is 48.0 Å². The van der Waals surface area contributed by atoms with Crippen LogP contribution in [0.2, 0.25) is 0 Å². The number of hydrogen-bond acceptors (Lipinski definition) is 5. The van der Waals surface area contributed by atoms with Crippen LogP contribution in [0.5, 0.6) is 0 Å². The molecule has 5 nitrogen and oxygen atoms in total. The minimum absolute atomic E-state index is 0.0480. The molecule has 0 aromatic heterocycles. The van der Waals surface area contributed by atoms with E-state index in [-0.39, 0.29) is 13.0 Å². The molecule has 0 amide bonds. The highest BCUT2D eigenvalue weighted by molar-refractivity contribution is 5.69. The van der Waals surface area contributed by atoms with Crippen LogP contribution in [0.25, 0.3) is 0 Å². The Bertz CT molecular complexity index is 497. The first-order valence-corrected chi connectivity index (χ1v) is 9.26. The second-order valence-electron chi connectivity index (χ2n) is 6.80. The fraction of sp³-hybridized carbons (Fsp3) is 0.941. The molecule has 12 heteroatoms. The summed E-state index contributed by atoms with van der Waals surface area (Å²) in [5.74, 6) is -11.3. The first-order valence-electron chi connectivity index (χ1n) is 9.26. The molecule has 1 saturated heterocycles. The van der Waals surface area contributed by atoms with Gasteiger partial charge < -0.3 is 14.2 Å². The monoisotopic (exact) mass is 441 g/mol. The minimum Gasteiger partial charge on any atom is -0.460 e. The molecular weight excluding hydrogens is 415 g/mol. The summed E-state index contributed by atoms with van der Waals surface area (Å²) in [5.41, 5.74) is 0. The molecule has 0 spiro atoms. The quantitative estimate of drug-likeness (QED) is 0.263. The van der Waals surface area contributed by atoms with Gasteiger partial charge in [-0.15, -0.1) is 0 Å². The third kappa shape index (κ3) is 9.94. The highest BCUT2D eigenvalue weighted by Gasteiger charge is 2.61. The van der Waals surface area contributed by atoms with E-state index in [4.69, 9.17) is 14.2 Å². The summed E-state index contributed by atoms with van der Waals surface area (Å²) >= 11 is 0. The molecule has 0 radical (unpaired) electrons. The predicted molar refractivity (Wildman–Crippen MR) is 88.0 cm³/mol. The van der Waals surface area contributed by atoms with E-state index in [1.807, 2.05) is 4.90 Å². The lowest BCUT2D eigenvalue weighted by Crippen LogP contribution is -2.47. The summed E-state index contributed by atoms with van der Waals surface area (Å²) in [6.45, 7) is 3.78. The molecular formula is C17H26F7NO4. The Morgan fingerprint density at radius 2 is 1.69 bits per heavy atom. The molecule has 1 aliphatic rings. The Morgan fingerprint density at radius 3 is 2.24 bits per heavy atom. The molecule has 0 aromatic carbocycles. The maximum Gasteiger partial charge on any atom is 0.395 e. The van der Waals surface area contributed by atoms with E-state index in [1.165, 1.54) is 0 Å². The summed E-state index contributed by atoms with van der Waals surface area (Å²) in [6.07, 6.45) is -11.8. The van der Waals surface area contributed by atoms with Gasteiger partial charge in [0.25, 0.3) is 0 Å². The fourth-order valence-electron chi connectivity index (χ4n) is 2.63. The third-order valence-electron chi connectivity index (χ3n) is 4.15. The van der Waals surface area contributed by atoms with Crippen molar-refractivity contribution in [1.82, 2.24) is 4.90 Å². The predicted octanol–water partition coefficient (Wildman–Crippen LogP) is 3.66. The lowest BCUT2D eigenvalue weighted by Gasteiger charge is -2.30. The minimum atomic E-state index is -5.48. The average molecular weight is 441 g/mol. The van der Waals surface area contributed by atoms with E-state index in [2.05, 4.69) is 0 Å². The van der Waals surface area contributed by atoms with Gasteiger partial charge in [0.2, 0.25) is 0 Å². The highest BCUT2D eigenvalue weighted by atomic mass is 19.4. The largest absolute Gasteiger partial charge is 0.460 e. The standard InChI is InChI=1S/C17H26F7NO4/c1-2-3-14(26)29-13(11-28-9-6-25-4-7-27-8-5-25)10-15(18,19)16(20,21)12-17(22,23)24/h13H,2-12H2,1H3. The molecule has 1 atom stereocenters. The second-order valence-corrected chi connectivity index (χ2v) is 6.80. The average Bonchev–Trinajstić information content (AvgIpc) is 2.57. The van der Waals surface area contributed by atoms with Crippen LogP contribution in [0.15, 0.2) is 0 Å². The van der Waals surface area contributed by atoms with Crippen molar-refractivity contribution in [2.75, 3.05) is 46.1 Å².